The average molecular weight is 381 g/mol. The van der Waals surface area contributed by atoms with Gasteiger partial charge in [0.1, 0.15) is 5.82 Å². The van der Waals surface area contributed by atoms with Gasteiger partial charge in [-0.25, -0.2) is 4.68 Å². The summed E-state index contributed by atoms with van der Waals surface area (Å²) in [6, 6.07) is 14.9. The first-order valence-electron chi connectivity index (χ1n) is 8.11. The largest absolute Gasteiger partial charge is 0.459 e. The second-order valence-electron chi connectivity index (χ2n) is 5.61. The highest BCUT2D eigenvalue weighted by Gasteiger charge is 2.15. The first-order valence-corrected chi connectivity index (χ1v) is 9.10. The van der Waals surface area contributed by atoms with Crippen LogP contribution in [0.25, 0.3) is 17.3 Å². The predicted molar refractivity (Wildman–Crippen MR) is 99.7 cm³/mol. The van der Waals surface area contributed by atoms with Gasteiger partial charge >= 0.3 is 0 Å². The van der Waals surface area contributed by atoms with E-state index >= 15 is 0 Å². The summed E-state index contributed by atoms with van der Waals surface area (Å²) >= 11 is 1.15. The zero-order valence-corrected chi connectivity index (χ0v) is 15.1. The van der Waals surface area contributed by atoms with Gasteiger partial charge in [0.2, 0.25) is 5.91 Å². The van der Waals surface area contributed by atoms with Crippen LogP contribution in [0, 0.1) is 6.92 Å². The Morgan fingerprint density at radius 1 is 1.19 bits per heavy atom. The Morgan fingerprint density at radius 3 is 2.81 bits per heavy atom. The fourth-order valence-corrected chi connectivity index (χ4v) is 2.99. The second-order valence-corrected chi connectivity index (χ2v) is 6.53. The molecule has 0 aliphatic heterocycles. The highest BCUT2D eigenvalue weighted by molar-refractivity contribution is 7.99. The van der Waals surface area contributed by atoms with E-state index in [1.54, 1.807) is 16.8 Å². The Hall–Kier alpha value is -3.33. The van der Waals surface area contributed by atoms with Crippen molar-refractivity contribution in [3.63, 3.8) is 0 Å². The van der Waals surface area contributed by atoms with Gasteiger partial charge in [0.15, 0.2) is 5.76 Å². The average Bonchev–Trinajstić information content (AvgIpc) is 3.41. The molecular formula is C18H15N5O3S. The van der Waals surface area contributed by atoms with Crippen LogP contribution >= 0.6 is 11.8 Å². The molecule has 1 amide bonds. The van der Waals surface area contributed by atoms with E-state index in [1.807, 2.05) is 43.3 Å². The molecule has 0 unspecified atom stereocenters. The molecule has 4 rings (SSSR count). The van der Waals surface area contributed by atoms with Crippen molar-refractivity contribution >= 4 is 23.5 Å². The summed E-state index contributed by atoms with van der Waals surface area (Å²) < 4.78 is 12.4. The summed E-state index contributed by atoms with van der Waals surface area (Å²) in [7, 11) is 0. The number of nitrogens with zero attached hydrogens (tertiary/aromatic N) is 4. The topological polar surface area (TPSA) is 99.0 Å². The normalized spacial score (nSPS) is 10.9. The number of carbonyl (C=O) groups is 1. The minimum Gasteiger partial charge on any atom is -0.459 e. The molecule has 0 bridgehead atoms. The number of nitrogens with one attached hydrogen (secondary N) is 1. The Labute approximate surface area is 158 Å². The maximum absolute atomic E-state index is 12.3. The van der Waals surface area contributed by atoms with Crippen molar-refractivity contribution < 1.29 is 13.6 Å². The lowest BCUT2D eigenvalue weighted by Crippen LogP contribution is -2.16. The minimum atomic E-state index is -0.199. The molecule has 0 radical (unpaired) electrons. The van der Waals surface area contributed by atoms with Gasteiger partial charge in [0, 0.05) is 6.07 Å². The maximum atomic E-state index is 12.3. The van der Waals surface area contributed by atoms with Crippen LogP contribution in [0.3, 0.4) is 0 Å². The van der Waals surface area contributed by atoms with E-state index in [9.17, 15) is 4.79 Å². The summed E-state index contributed by atoms with van der Waals surface area (Å²) in [5, 5.41) is 15.4. The van der Waals surface area contributed by atoms with Gasteiger partial charge < -0.3 is 14.2 Å². The van der Waals surface area contributed by atoms with Gasteiger partial charge in [-0.2, -0.15) is 5.10 Å². The second kappa shape index (κ2) is 7.50. The van der Waals surface area contributed by atoms with E-state index in [4.69, 9.17) is 8.83 Å². The highest BCUT2D eigenvalue weighted by atomic mass is 32.2. The van der Waals surface area contributed by atoms with E-state index < -0.39 is 0 Å². The van der Waals surface area contributed by atoms with E-state index in [-0.39, 0.29) is 17.6 Å². The lowest BCUT2D eigenvalue weighted by Gasteiger charge is -2.08. The number of hydrogen-bond donors (Lipinski definition) is 1. The van der Waals surface area contributed by atoms with Crippen molar-refractivity contribution in [2.75, 3.05) is 11.1 Å². The molecule has 0 saturated heterocycles. The van der Waals surface area contributed by atoms with Crippen molar-refractivity contribution in [1.29, 1.82) is 0 Å². The monoisotopic (exact) mass is 381 g/mol. The Bertz CT molecular complexity index is 1040. The Kier molecular flexibility index (Phi) is 4.75. The molecule has 3 aromatic heterocycles. The highest BCUT2D eigenvalue weighted by Crippen LogP contribution is 2.24. The minimum absolute atomic E-state index is 0.124. The summed E-state index contributed by atoms with van der Waals surface area (Å²) in [6.45, 7) is 1.87. The van der Waals surface area contributed by atoms with Crippen LogP contribution in [-0.2, 0) is 4.79 Å². The lowest BCUT2D eigenvalue weighted by atomic mass is 10.3. The number of aryl methyl sites for hydroxylation is 1. The van der Waals surface area contributed by atoms with Crippen molar-refractivity contribution in [1.82, 2.24) is 20.0 Å². The molecule has 1 N–H and O–H groups in total. The maximum Gasteiger partial charge on any atom is 0.284 e. The fourth-order valence-electron chi connectivity index (χ4n) is 2.43. The number of furan rings is 1. The first-order chi connectivity index (χ1) is 13.2. The summed E-state index contributed by atoms with van der Waals surface area (Å²) in [5.74, 6) is 1.29. The number of thioether (sulfide) groups is 1. The summed E-state index contributed by atoms with van der Waals surface area (Å²) in [6.07, 6.45) is 1.53. The van der Waals surface area contributed by atoms with Crippen LogP contribution in [0.15, 0.2) is 68.9 Å². The predicted octanol–water partition coefficient (Wildman–Crippen LogP) is 3.55. The molecule has 8 nitrogen and oxygen atoms in total. The molecule has 0 saturated carbocycles. The van der Waals surface area contributed by atoms with Gasteiger partial charge in [0.05, 0.1) is 23.4 Å². The number of benzene rings is 1. The number of para-hydroxylation sites is 1. The van der Waals surface area contributed by atoms with Gasteiger partial charge in [-0.3, -0.25) is 4.79 Å². The molecule has 9 heteroatoms. The van der Waals surface area contributed by atoms with Crippen molar-refractivity contribution in [3.8, 4) is 17.3 Å². The molecule has 0 aliphatic carbocycles. The smallest absolute Gasteiger partial charge is 0.284 e. The molecule has 4 aromatic rings. The number of amides is 1. The van der Waals surface area contributed by atoms with Crippen LogP contribution in [0.5, 0.6) is 0 Å². The third-order valence-corrected chi connectivity index (χ3v) is 4.38. The van der Waals surface area contributed by atoms with Crippen LogP contribution < -0.4 is 5.32 Å². The fraction of sp³-hybridized carbons (Fsp3) is 0.111. The summed E-state index contributed by atoms with van der Waals surface area (Å²) in [4.78, 5) is 12.3. The first kappa shape index (κ1) is 17.1. The van der Waals surface area contributed by atoms with E-state index in [0.717, 1.165) is 23.1 Å². The van der Waals surface area contributed by atoms with Gasteiger partial charge in [0.25, 0.3) is 11.1 Å². The van der Waals surface area contributed by atoms with Gasteiger partial charge in [-0.05, 0) is 31.2 Å². The van der Waals surface area contributed by atoms with Crippen molar-refractivity contribution in [2.45, 2.75) is 12.1 Å². The SMILES string of the molecule is Cc1cc(NC(=O)CSc2nnc(-c3ccco3)o2)n(-c2ccccc2)n1. The zero-order valence-electron chi connectivity index (χ0n) is 14.3. The van der Waals surface area contributed by atoms with Gasteiger partial charge in [-0.1, -0.05) is 30.0 Å². The van der Waals surface area contributed by atoms with Crippen LogP contribution in [0.1, 0.15) is 5.69 Å². The third-order valence-electron chi connectivity index (χ3n) is 3.56. The molecule has 27 heavy (non-hydrogen) atoms. The Balaban J connectivity index is 1.40. The number of carbonyl (C=O) groups excluding carboxylic acids is 1. The summed E-state index contributed by atoms with van der Waals surface area (Å²) in [5.41, 5.74) is 1.68. The molecule has 3 heterocycles. The quantitative estimate of drug-likeness (QED) is 0.510. The van der Waals surface area contributed by atoms with Gasteiger partial charge in [-0.15, -0.1) is 10.2 Å². The Morgan fingerprint density at radius 2 is 2.04 bits per heavy atom. The van der Waals surface area contributed by atoms with Crippen LogP contribution in [0.2, 0.25) is 0 Å². The molecule has 0 fully saturated rings. The van der Waals surface area contributed by atoms with Crippen LogP contribution in [-0.4, -0.2) is 31.6 Å². The lowest BCUT2D eigenvalue weighted by molar-refractivity contribution is -0.113. The van der Waals surface area contributed by atoms with Crippen molar-refractivity contribution in [2.24, 2.45) is 0 Å². The molecular weight excluding hydrogens is 366 g/mol. The number of anilines is 1. The van der Waals surface area contributed by atoms with E-state index in [1.165, 1.54) is 6.26 Å². The van der Waals surface area contributed by atoms with Crippen molar-refractivity contribution in [3.05, 3.63) is 60.5 Å². The van der Waals surface area contributed by atoms with E-state index in [0.29, 0.717) is 16.8 Å². The van der Waals surface area contributed by atoms with E-state index in [2.05, 4.69) is 20.6 Å². The number of aromatic nitrogens is 4. The standard InChI is InChI=1S/C18H15N5O3S/c1-12-10-15(23(22-12)13-6-3-2-4-7-13)19-16(24)11-27-18-21-20-17(26-18)14-8-5-9-25-14/h2-10H,11H2,1H3,(H,19,24). The zero-order chi connectivity index (χ0) is 18.6. The van der Waals surface area contributed by atoms with Crippen LogP contribution in [0.4, 0.5) is 5.82 Å². The third kappa shape index (κ3) is 3.93. The molecule has 1 aromatic carbocycles. The number of rotatable bonds is 6. The number of hydrogen-bond acceptors (Lipinski definition) is 7. The molecule has 136 valence electrons. The molecule has 0 atom stereocenters. The molecule has 0 aliphatic rings. The molecule has 0 spiro atoms.